The van der Waals surface area contributed by atoms with E-state index in [1.54, 1.807) is 24.3 Å². The molecule has 0 aromatic heterocycles. The molecule has 5 heteroatoms. The number of carbonyl (C=O) groups excluding carboxylic acids is 3. The lowest BCUT2D eigenvalue weighted by Crippen LogP contribution is -2.31. The minimum Gasteiger partial charge on any atom is -0.326 e. The summed E-state index contributed by atoms with van der Waals surface area (Å²) in [6, 6.07) is 14.5. The molecular weight excluding hydrogens is 316 g/mol. The standard InChI is InChI=1S/C20H18N2O3/c23-18(14-7-8-14)21-15-9-5-13(6-10-15)11-12-22-19(24)16-3-1-2-4-17(16)20(22)25/h1-6,9-10,14H,7-8,11-12H2,(H,21,23). The number of benzene rings is 2. The minimum absolute atomic E-state index is 0.0822. The topological polar surface area (TPSA) is 66.5 Å². The highest BCUT2D eigenvalue weighted by atomic mass is 16.2. The monoisotopic (exact) mass is 334 g/mol. The van der Waals surface area contributed by atoms with Gasteiger partial charge in [0.1, 0.15) is 0 Å². The minimum atomic E-state index is -0.228. The van der Waals surface area contributed by atoms with Crippen LogP contribution in [0, 0.1) is 5.92 Å². The lowest BCUT2D eigenvalue weighted by atomic mass is 10.1. The largest absolute Gasteiger partial charge is 0.326 e. The maximum atomic E-state index is 12.3. The summed E-state index contributed by atoms with van der Waals surface area (Å²) >= 11 is 0. The van der Waals surface area contributed by atoms with Crippen molar-refractivity contribution in [2.75, 3.05) is 11.9 Å². The van der Waals surface area contributed by atoms with Crippen molar-refractivity contribution in [3.05, 3.63) is 65.2 Å². The normalized spacial score (nSPS) is 16.1. The molecule has 0 saturated heterocycles. The summed E-state index contributed by atoms with van der Waals surface area (Å²) in [4.78, 5) is 37.7. The van der Waals surface area contributed by atoms with Gasteiger partial charge in [-0.15, -0.1) is 0 Å². The highest BCUT2D eigenvalue weighted by Gasteiger charge is 2.34. The maximum absolute atomic E-state index is 12.3. The molecule has 3 amide bonds. The van der Waals surface area contributed by atoms with E-state index in [9.17, 15) is 14.4 Å². The van der Waals surface area contributed by atoms with Gasteiger partial charge in [0.25, 0.3) is 11.8 Å². The van der Waals surface area contributed by atoms with Crippen LogP contribution in [0.4, 0.5) is 5.69 Å². The third kappa shape index (κ3) is 3.05. The molecule has 2 aromatic carbocycles. The van der Waals surface area contributed by atoms with Gasteiger partial charge in [-0.25, -0.2) is 0 Å². The Hall–Kier alpha value is -2.95. The zero-order chi connectivity index (χ0) is 17.4. The summed E-state index contributed by atoms with van der Waals surface area (Å²) in [5.41, 5.74) is 2.75. The Morgan fingerprint density at radius 1 is 0.960 bits per heavy atom. The maximum Gasteiger partial charge on any atom is 0.261 e. The average molecular weight is 334 g/mol. The molecule has 25 heavy (non-hydrogen) atoms. The molecule has 1 heterocycles. The molecule has 0 bridgehead atoms. The van der Waals surface area contributed by atoms with E-state index in [0.717, 1.165) is 24.1 Å². The van der Waals surface area contributed by atoms with E-state index in [1.165, 1.54) is 4.90 Å². The number of nitrogens with zero attached hydrogens (tertiary/aromatic N) is 1. The first-order chi connectivity index (χ1) is 12.1. The van der Waals surface area contributed by atoms with Crippen molar-refractivity contribution in [1.82, 2.24) is 4.90 Å². The van der Waals surface area contributed by atoms with Crippen molar-refractivity contribution in [2.24, 2.45) is 5.92 Å². The van der Waals surface area contributed by atoms with Crippen molar-refractivity contribution in [2.45, 2.75) is 19.3 Å². The van der Waals surface area contributed by atoms with Gasteiger partial charge in [-0.3, -0.25) is 19.3 Å². The number of hydrogen-bond acceptors (Lipinski definition) is 3. The number of rotatable bonds is 5. The molecule has 2 aromatic rings. The van der Waals surface area contributed by atoms with Crippen LogP contribution in [0.3, 0.4) is 0 Å². The second-order valence-corrected chi connectivity index (χ2v) is 6.52. The first-order valence-corrected chi connectivity index (χ1v) is 8.48. The molecule has 2 aliphatic rings. The number of carbonyl (C=O) groups is 3. The van der Waals surface area contributed by atoms with E-state index in [2.05, 4.69) is 5.32 Å². The number of fused-ring (bicyclic) bond motifs is 1. The van der Waals surface area contributed by atoms with Gasteiger partial charge in [-0.05, 0) is 49.1 Å². The third-order valence-corrected chi connectivity index (χ3v) is 4.67. The number of amides is 3. The first kappa shape index (κ1) is 15.6. The summed E-state index contributed by atoms with van der Waals surface area (Å²) in [6.07, 6.45) is 2.54. The quantitative estimate of drug-likeness (QED) is 0.855. The van der Waals surface area contributed by atoms with Crippen LogP contribution in [0.25, 0.3) is 0 Å². The van der Waals surface area contributed by atoms with E-state index in [-0.39, 0.29) is 23.6 Å². The van der Waals surface area contributed by atoms with E-state index < -0.39 is 0 Å². The Kier molecular flexibility index (Phi) is 3.84. The Morgan fingerprint density at radius 2 is 1.56 bits per heavy atom. The van der Waals surface area contributed by atoms with Gasteiger partial charge in [0, 0.05) is 18.2 Å². The SMILES string of the molecule is O=C(Nc1ccc(CCN2C(=O)c3ccccc3C2=O)cc1)C1CC1. The van der Waals surface area contributed by atoms with Crippen molar-refractivity contribution in [1.29, 1.82) is 0 Å². The summed E-state index contributed by atoms with van der Waals surface area (Å²) in [7, 11) is 0. The molecule has 1 aliphatic carbocycles. The molecule has 5 nitrogen and oxygen atoms in total. The third-order valence-electron chi connectivity index (χ3n) is 4.67. The highest BCUT2D eigenvalue weighted by molar-refractivity contribution is 6.21. The summed E-state index contributed by atoms with van der Waals surface area (Å²) in [5, 5.41) is 2.90. The molecule has 1 saturated carbocycles. The molecule has 0 spiro atoms. The number of hydrogen-bond donors (Lipinski definition) is 1. The van der Waals surface area contributed by atoms with Crippen LogP contribution in [0.2, 0.25) is 0 Å². The Bertz CT molecular complexity index is 818. The zero-order valence-electron chi connectivity index (χ0n) is 13.7. The Balaban J connectivity index is 1.38. The fourth-order valence-electron chi connectivity index (χ4n) is 3.03. The zero-order valence-corrected chi connectivity index (χ0v) is 13.7. The molecule has 4 rings (SSSR count). The number of anilines is 1. The van der Waals surface area contributed by atoms with Gasteiger partial charge in [-0.1, -0.05) is 24.3 Å². The average Bonchev–Trinajstić information content (AvgIpc) is 3.45. The number of imide groups is 1. The van der Waals surface area contributed by atoms with Gasteiger partial charge in [0.05, 0.1) is 11.1 Å². The highest BCUT2D eigenvalue weighted by Crippen LogP contribution is 2.30. The van der Waals surface area contributed by atoms with Crippen LogP contribution in [-0.4, -0.2) is 29.2 Å². The van der Waals surface area contributed by atoms with Crippen LogP contribution in [0.5, 0.6) is 0 Å². The molecular formula is C20H18N2O3. The fraction of sp³-hybridized carbons (Fsp3) is 0.250. The van der Waals surface area contributed by atoms with Gasteiger partial charge in [-0.2, -0.15) is 0 Å². The van der Waals surface area contributed by atoms with Gasteiger partial charge >= 0.3 is 0 Å². The van der Waals surface area contributed by atoms with Crippen molar-refractivity contribution < 1.29 is 14.4 Å². The predicted octanol–water partition coefficient (Wildman–Crippen LogP) is 2.87. The Labute approximate surface area is 145 Å². The lowest BCUT2D eigenvalue weighted by molar-refractivity contribution is -0.117. The van der Waals surface area contributed by atoms with Gasteiger partial charge in [0.15, 0.2) is 0 Å². The molecule has 126 valence electrons. The van der Waals surface area contributed by atoms with Gasteiger partial charge in [0.2, 0.25) is 5.91 Å². The van der Waals surface area contributed by atoms with Crippen LogP contribution in [0.15, 0.2) is 48.5 Å². The van der Waals surface area contributed by atoms with E-state index in [0.29, 0.717) is 24.1 Å². The molecule has 0 atom stereocenters. The first-order valence-electron chi connectivity index (χ1n) is 8.48. The van der Waals surface area contributed by atoms with Crippen molar-refractivity contribution in [3.8, 4) is 0 Å². The second-order valence-electron chi connectivity index (χ2n) is 6.52. The molecule has 1 fully saturated rings. The van der Waals surface area contributed by atoms with Crippen molar-refractivity contribution in [3.63, 3.8) is 0 Å². The van der Waals surface area contributed by atoms with Crippen LogP contribution in [0.1, 0.15) is 39.1 Å². The van der Waals surface area contributed by atoms with E-state index in [4.69, 9.17) is 0 Å². The predicted molar refractivity (Wildman–Crippen MR) is 93.3 cm³/mol. The summed E-state index contributed by atoms with van der Waals surface area (Å²) in [6.45, 7) is 0.347. The van der Waals surface area contributed by atoms with E-state index in [1.807, 2.05) is 24.3 Å². The Morgan fingerprint density at radius 3 is 2.12 bits per heavy atom. The van der Waals surface area contributed by atoms with Gasteiger partial charge < -0.3 is 5.32 Å². The van der Waals surface area contributed by atoms with Crippen molar-refractivity contribution >= 4 is 23.4 Å². The fourth-order valence-corrected chi connectivity index (χ4v) is 3.03. The molecule has 1 aliphatic heterocycles. The molecule has 0 radical (unpaired) electrons. The van der Waals surface area contributed by atoms with E-state index >= 15 is 0 Å². The van der Waals surface area contributed by atoms with Crippen LogP contribution < -0.4 is 5.32 Å². The lowest BCUT2D eigenvalue weighted by Gasteiger charge is -2.14. The second kappa shape index (κ2) is 6.16. The summed E-state index contributed by atoms with van der Waals surface area (Å²) in [5.74, 6) is -0.199. The van der Waals surface area contributed by atoms with Crippen LogP contribution in [-0.2, 0) is 11.2 Å². The molecule has 1 N–H and O–H groups in total. The number of nitrogens with one attached hydrogen (secondary N) is 1. The summed E-state index contributed by atoms with van der Waals surface area (Å²) < 4.78 is 0. The molecule has 0 unspecified atom stereocenters. The smallest absolute Gasteiger partial charge is 0.261 e. The van der Waals surface area contributed by atoms with Crippen LogP contribution >= 0.6 is 0 Å².